The lowest BCUT2D eigenvalue weighted by atomic mass is 10.0. The Kier molecular flexibility index (Phi) is 19.4. The first-order chi connectivity index (χ1) is 13.9. The maximum Gasteiger partial charge on any atom is 0.305 e. The summed E-state index contributed by atoms with van der Waals surface area (Å²) in [6, 6.07) is 0. The third kappa shape index (κ3) is 23.0. The molecule has 0 saturated heterocycles. The van der Waals surface area contributed by atoms with Crippen LogP contribution in [-0.2, 0) is 19.1 Å². The number of carbonyl (C=O) groups excluding carboxylic acids is 2. The second-order valence-corrected chi connectivity index (χ2v) is 8.88. The Morgan fingerprint density at radius 2 is 1.00 bits per heavy atom. The molecule has 0 heterocycles. The lowest BCUT2D eigenvalue weighted by Crippen LogP contribution is -2.26. The molecule has 0 radical (unpaired) electrons. The predicted octanol–water partition coefficient (Wildman–Crippen LogP) is 5.66. The van der Waals surface area contributed by atoms with Gasteiger partial charge in [-0.1, -0.05) is 79.1 Å². The van der Waals surface area contributed by atoms with Crippen LogP contribution >= 0.6 is 0 Å². The number of carbonyl (C=O) groups is 2. The molecule has 0 unspecified atom stereocenters. The van der Waals surface area contributed by atoms with Crippen LogP contribution in [0.2, 0.25) is 0 Å². The summed E-state index contributed by atoms with van der Waals surface area (Å²) in [6.45, 7) is 10.9. The van der Waals surface area contributed by atoms with Gasteiger partial charge in [0.05, 0.1) is 0 Å². The van der Waals surface area contributed by atoms with Gasteiger partial charge in [0.25, 0.3) is 0 Å². The fourth-order valence-corrected chi connectivity index (χ4v) is 3.09. The molecular weight excluding hydrogens is 366 g/mol. The quantitative estimate of drug-likeness (QED) is 0.206. The fraction of sp³-hybridized carbons (Fsp3) is 0.917. The van der Waals surface area contributed by atoms with Crippen LogP contribution < -0.4 is 5.32 Å². The Hall–Kier alpha value is -1.10. The zero-order valence-electron chi connectivity index (χ0n) is 19.6. The van der Waals surface area contributed by atoms with Crippen molar-refractivity contribution >= 4 is 11.9 Å². The highest BCUT2D eigenvalue weighted by molar-refractivity contribution is 5.69. The van der Waals surface area contributed by atoms with Crippen molar-refractivity contribution < 1.29 is 19.1 Å². The van der Waals surface area contributed by atoms with Crippen LogP contribution in [-0.4, -0.2) is 38.2 Å². The molecule has 0 aliphatic heterocycles. The molecule has 0 atom stereocenters. The Morgan fingerprint density at radius 3 is 1.38 bits per heavy atom. The Balaban J connectivity index is 3.31. The SMILES string of the molecule is CC(C)CCCCCCC(=O)OCCNCCOC(=O)CCCCCCC(C)C. The minimum Gasteiger partial charge on any atom is -0.464 e. The number of unbranched alkanes of at least 4 members (excludes halogenated alkanes) is 6. The molecule has 0 aliphatic carbocycles. The van der Waals surface area contributed by atoms with Crippen LogP contribution in [0.4, 0.5) is 0 Å². The number of hydrogen-bond donors (Lipinski definition) is 1. The van der Waals surface area contributed by atoms with Crippen molar-refractivity contribution in [2.24, 2.45) is 11.8 Å². The topological polar surface area (TPSA) is 64.6 Å². The van der Waals surface area contributed by atoms with Crippen molar-refractivity contribution in [2.75, 3.05) is 26.3 Å². The highest BCUT2D eigenvalue weighted by Crippen LogP contribution is 2.11. The molecule has 172 valence electrons. The summed E-state index contributed by atoms with van der Waals surface area (Å²) in [6.07, 6.45) is 12.5. The van der Waals surface area contributed by atoms with E-state index < -0.39 is 0 Å². The van der Waals surface area contributed by atoms with E-state index in [0.29, 0.717) is 39.1 Å². The molecule has 5 nitrogen and oxygen atoms in total. The number of nitrogens with one attached hydrogen (secondary N) is 1. The third-order valence-electron chi connectivity index (χ3n) is 4.91. The maximum absolute atomic E-state index is 11.6. The van der Waals surface area contributed by atoms with E-state index in [9.17, 15) is 9.59 Å². The molecule has 0 aliphatic rings. The molecule has 5 heteroatoms. The van der Waals surface area contributed by atoms with Crippen LogP contribution in [0.3, 0.4) is 0 Å². The summed E-state index contributed by atoms with van der Waals surface area (Å²) >= 11 is 0. The number of ether oxygens (including phenoxy) is 2. The fourth-order valence-electron chi connectivity index (χ4n) is 3.09. The summed E-state index contributed by atoms with van der Waals surface area (Å²) in [4.78, 5) is 23.3. The highest BCUT2D eigenvalue weighted by Gasteiger charge is 2.04. The van der Waals surface area contributed by atoms with Gasteiger partial charge in [-0.25, -0.2) is 0 Å². The van der Waals surface area contributed by atoms with Crippen LogP contribution in [0.15, 0.2) is 0 Å². The molecular formula is C24H47NO4. The van der Waals surface area contributed by atoms with E-state index in [1.165, 1.54) is 38.5 Å². The van der Waals surface area contributed by atoms with E-state index in [2.05, 4.69) is 33.0 Å². The number of rotatable bonds is 20. The van der Waals surface area contributed by atoms with Crippen LogP contribution in [0.5, 0.6) is 0 Å². The van der Waals surface area contributed by atoms with Gasteiger partial charge < -0.3 is 14.8 Å². The first-order valence-corrected chi connectivity index (χ1v) is 11.9. The average molecular weight is 414 g/mol. The molecule has 0 fully saturated rings. The second kappa shape index (κ2) is 20.2. The van der Waals surface area contributed by atoms with E-state index in [1.807, 2.05) is 0 Å². The van der Waals surface area contributed by atoms with Gasteiger partial charge in [0.1, 0.15) is 13.2 Å². The zero-order valence-corrected chi connectivity index (χ0v) is 19.6. The average Bonchev–Trinajstić information content (AvgIpc) is 2.66. The second-order valence-electron chi connectivity index (χ2n) is 8.88. The Morgan fingerprint density at radius 1 is 0.621 bits per heavy atom. The van der Waals surface area contributed by atoms with Crippen molar-refractivity contribution in [3.63, 3.8) is 0 Å². The Labute approximate surface area is 179 Å². The summed E-state index contributed by atoms with van der Waals surface area (Å²) in [5.74, 6) is 1.30. The molecule has 0 rings (SSSR count). The van der Waals surface area contributed by atoms with Gasteiger partial charge in [-0.15, -0.1) is 0 Å². The monoisotopic (exact) mass is 413 g/mol. The van der Waals surface area contributed by atoms with E-state index in [4.69, 9.17) is 9.47 Å². The third-order valence-corrected chi connectivity index (χ3v) is 4.91. The van der Waals surface area contributed by atoms with Gasteiger partial charge in [-0.2, -0.15) is 0 Å². The van der Waals surface area contributed by atoms with Gasteiger partial charge in [0.15, 0.2) is 0 Å². The van der Waals surface area contributed by atoms with Crippen molar-refractivity contribution in [3.05, 3.63) is 0 Å². The van der Waals surface area contributed by atoms with Gasteiger partial charge in [-0.05, 0) is 24.7 Å². The van der Waals surface area contributed by atoms with Gasteiger partial charge in [0.2, 0.25) is 0 Å². The molecule has 0 amide bonds. The zero-order chi connectivity index (χ0) is 21.7. The van der Waals surface area contributed by atoms with E-state index in [0.717, 1.165) is 37.5 Å². The molecule has 0 aromatic rings. The predicted molar refractivity (Wildman–Crippen MR) is 120 cm³/mol. The lowest BCUT2D eigenvalue weighted by molar-refractivity contribution is -0.143. The van der Waals surface area contributed by atoms with Gasteiger partial charge >= 0.3 is 11.9 Å². The summed E-state index contributed by atoms with van der Waals surface area (Å²) in [5, 5.41) is 3.13. The largest absolute Gasteiger partial charge is 0.464 e. The van der Waals surface area contributed by atoms with E-state index in [1.54, 1.807) is 0 Å². The van der Waals surface area contributed by atoms with Crippen LogP contribution in [0.1, 0.15) is 105 Å². The summed E-state index contributed by atoms with van der Waals surface area (Å²) in [5.41, 5.74) is 0. The van der Waals surface area contributed by atoms with E-state index >= 15 is 0 Å². The number of hydrogen-bond acceptors (Lipinski definition) is 5. The molecule has 29 heavy (non-hydrogen) atoms. The van der Waals surface area contributed by atoms with Crippen molar-refractivity contribution in [1.82, 2.24) is 5.32 Å². The first-order valence-electron chi connectivity index (χ1n) is 11.9. The normalized spacial score (nSPS) is 11.2. The van der Waals surface area contributed by atoms with Crippen molar-refractivity contribution in [2.45, 2.75) is 105 Å². The van der Waals surface area contributed by atoms with Crippen LogP contribution in [0.25, 0.3) is 0 Å². The van der Waals surface area contributed by atoms with E-state index in [-0.39, 0.29) is 11.9 Å². The molecule has 0 aromatic heterocycles. The van der Waals surface area contributed by atoms with Gasteiger partial charge in [-0.3, -0.25) is 9.59 Å². The van der Waals surface area contributed by atoms with Crippen molar-refractivity contribution in [1.29, 1.82) is 0 Å². The van der Waals surface area contributed by atoms with Gasteiger partial charge in [0, 0.05) is 25.9 Å². The minimum atomic E-state index is -0.115. The standard InChI is InChI=1S/C24H47NO4/c1-21(2)13-9-5-7-11-15-23(26)28-19-17-25-18-20-29-24(27)16-12-8-6-10-14-22(3)4/h21-22,25H,5-20H2,1-4H3. The molecule has 1 N–H and O–H groups in total. The molecule has 0 spiro atoms. The minimum absolute atomic E-state index is 0.115. The molecule has 0 bridgehead atoms. The highest BCUT2D eigenvalue weighted by atomic mass is 16.5. The lowest BCUT2D eigenvalue weighted by Gasteiger charge is -2.08. The Bertz CT molecular complexity index is 360. The smallest absolute Gasteiger partial charge is 0.305 e. The molecule has 0 aromatic carbocycles. The number of esters is 2. The first kappa shape index (κ1) is 27.9. The maximum atomic E-state index is 11.6. The van der Waals surface area contributed by atoms with Crippen molar-refractivity contribution in [3.8, 4) is 0 Å². The summed E-state index contributed by atoms with van der Waals surface area (Å²) in [7, 11) is 0. The van der Waals surface area contributed by atoms with Crippen LogP contribution in [0, 0.1) is 11.8 Å². The summed E-state index contributed by atoms with van der Waals surface area (Å²) < 4.78 is 10.4. The molecule has 0 saturated carbocycles.